The van der Waals surface area contributed by atoms with E-state index in [1.54, 1.807) is 0 Å². The summed E-state index contributed by atoms with van der Waals surface area (Å²) in [4.78, 5) is -0.151. The monoisotopic (exact) mass is 184 g/mol. The lowest BCUT2D eigenvalue weighted by molar-refractivity contribution is 0.692. The van der Waals surface area contributed by atoms with Crippen molar-refractivity contribution in [2.24, 2.45) is 0 Å². The summed E-state index contributed by atoms with van der Waals surface area (Å²) >= 11 is 11.0. The van der Waals surface area contributed by atoms with Crippen molar-refractivity contribution in [3.63, 3.8) is 0 Å². The van der Waals surface area contributed by atoms with Crippen LogP contribution in [-0.4, -0.2) is 22.2 Å². The largest absolute Gasteiger partial charge is 0.187 e. The van der Waals surface area contributed by atoms with Crippen LogP contribution in [0.1, 0.15) is 32.6 Å². The maximum absolute atomic E-state index is 5.48. The molecule has 0 aliphatic carbocycles. The van der Waals surface area contributed by atoms with Gasteiger partial charge >= 0.3 is 0 Å². The Hall–Kier alpha value is 1.11. The second-order valence-corrected chi connectivity index (χ2v) is 3.16. The van der Waals surface area contributed by atoms with E-state index in [-0.39, 0.29) is 22.2 Å². The Morgan fingerprint density at radius 1 is 1.22 bits per heavy atom. The Labute approximate surface area is 78.0 Å². The fourth-order valence-electron chi connectivity index (χ4n) is 0.549. The third-order valence-corrected chi connectivity index (χ3v) is 1.46. The first-order valence-corrected chi connectivity index (χ1v) is 3.92. The Bertz CT molecular complexity index is 48.3. The van der Waals surface area contributed by atoms with Crippen molar-refractivity contribution in [1.82, 2.24) is 0 Å². The van der Waals surface area contributed by atoms with Crippen LogP contribution in [0.5, 0.6) is 0 Å². The molecule has 0 N–H and O–H groups in total. The second kappa shape index (κ2) is 9.11. The molecular weight excluding hydrogens is 170 g/mol. The van der Waals surface area contributed by atoms with Gasteiger partial charge in [-0.2, -0.15) is 0 Å². The molecule has 0 nitrogen and oxygen atoms in total. The first kappa shape index (κ1) is 12.8. The maximum atomic E-state index is 5.48. The van der Waals surface area contributed by atoms with E-state index in [0.717, 1.165) is 12.8 Å². The number of hydrogen-bond donors (Lipinski definition) is 0. The van der Waals surface area contributed by atoms with Gasteiger partial charge < -0.3 is 0 Å². The molecule has 0 bridgehead atoms. The lowest BCUT2D eigenvalue weighted by atomic mass is 10.2. The highest BCUT2D eigenvalue weighted by molar-refractivity contribution is 6.44. The Morgan fingerprint density at radius 3 is 2.11 bits per heavy atom. The zero-order chi connectivity index (χ0) is 6.41. The molecule has 0 aliphatic heterocycles. The minimum absolute atomic E-state index is 0. The summed E-state index contributed by atoms with van der Waals surface area (Å²) in [6, 6.07) is 0. The highest BCUT2D eigenvalue weighted by Crippen LogP contribution is 2.11. The van der Waals surface area contributed by atoms with Gasteiger partial charge in [0.05, 0.1) is 0 Å². The summed E-state index contributed by atoms with van der Waals surface area (Å²) in [6.07, 6.45) is 4.58. The van der Waals surface area contributed by atoms with Crippen LogP contribution in [0.25, 0.3) is 0 Å². The quantitative estimate of drug-likeness (QED) is 0.357. The molecule has 0 heterocycles. The van der Waals surface area contributed by atoms with Gasteiger partial charge in [0, 0.05) is 0 Å². The van der Waals surface area contributed by atoms with Crippen molar-refractivity contribution < 1.29 is 0 Å². The highest BCUT2D eigenvalue weighted by atomic mass is 35.5. The van der Waals surface area contributed by atoms with Crippen LogP contribution in [0, 0.1) is 0 Å². The third-order valence-electron chi connectivity index (χ3n) is 1.03. The molecule has 0 aromatic carbocycles. The highest BCUT2D eigenvalue weighted by Gasteiger charge is 1.95. The van der Waals surface area contributed by atoms with E-state index in [1.807, 2.05) is 0 Å². The molecule has 0 saturated carbocycles. The van der Waals surface area contributed by atoms with Gasteiger partial charge in [0.1, 0.15) is 4.84 Å². The molecule has 0 rings (SSSR count). The van der Waals surface area contributed by atoms with Gasteiger partial charge in [-0.05, 0) is 6.42 Å². The lowest BCUT2D eigenvalue weighted by Crippen LogP contribution is -1.84. The van der Waals surface area contributed by atoms with Crippen LogP contribution in [0.4, 0.5) is 0 Å². The standard InChI is InChI=1S/C6H12Cl2.Al.3H/c1-2-3-4-5-6(7)8;;;;/h6H,2-5H2,1H3;;;;. The molecule has 0 amide bonds. The van der Waals surface area contributed by atoms with Gasteiger partial charge in [0.15, 0.2) is 17.4 Å². The first-order valence-electron chi connectivity index (χ1n) is 3.05. The van der Waals surface area contributed by atoms with Crippen LogP contribution in [0.2, 0.25) is 0 Å². The number of hydrogen-bond acceptors (Lipinski definition) is 0. The molecular formula is C6H15AlCl2. The fourth-order valence-corrected chi connectivity index (χ4v) is 0.857. The van der Waals surface area contributed by atoms with E-state index >= 15 is 0 Å². The van der Waals surface area contributed by atoms with E-state index in [0.29, 0.717) is 0 Å². The SMILES string of the molecule is CCCCCC(Cl)Cl.[AlH3]. The number of rotatable bonds is 4. The van der Waals surface area contributed by atoms with Gasteiger partial charge in [-0.3, -0.25) is 0 Å². The normalized spacial score (nSPS) is 9.33. The zero-order valence-electron chi connectivity index (χ0n) is 5.16. The molecule has 0 aromatic heterocycles. The fraction of sp³-hybridized carbons (Fsp3) is 1.00. The van der Waals surface area contributed by atoms with Crippen LogP contribution >= 0.6 is 23.2 Å². The second-order valence-electron chi connectivity index (χ2n) is 1.89. The summed E-state index contributed by atoms with van der Waals surface area (Å²) in [6.45, 7) is 2.16. The Balaban J connectivity index is 0. The van der Waals surface area contributed by atoms with Gasteiger partial charge in [0.25, 0.3) is 0 Å². The van der Waals surface area contributed by atoms with E-state index in [1.165, 1.54) is 12.8 Å². The Morgan fingerprint density at radius 2 is 1.78 bits per heavy atom. The predicted molar refractivity (Wildman–Crippen MR) is 49.6 cm³/mol. The van der Waals surface area contributed by atoms with Gasteiger partial charge in [-0.25, -0.2) is 0 Å². The lowest BCUT2D eigenvalue weighted by Gasteiger charge is -1.96. The summed E-state index contributed by atoms with van der Waals surface area (Å²) < 4.78 is 0. The van der Waals surface area contributed by atoms with Crippen molar-refractivity contribution in [3.8, 4) is 0 Å². The maximum Gasteiger partial charge on any atom is 0.187 e. The molecule has 0 unspecified atom stereocenters. The minimum Gasteiger partial charge on any atom is -0.105 e. The molecule has 0 atom stereocenters. The smallest absolute Gasteiger partial charge is 0.105 e. The van der Waals surface area contributed by atoms with E-state index < -0.39 is 0 Å². The Kier molecular flexibility index (Phi) is 12.9. The molecule has 0 aromatic rings. The van der Waals surface area contributed by atoms with Crippen LogP contribution in [-0.2, 0) is 0 Å². The molecule has 56 valence electrons. The van der Waals surface area contributed by atoms with Crippen molar-refractivity contribution in [2.45, 2.75) is 37.4 Å². The first-order chi connectivity index (χ1) is 3.77. The van der Waals surface area contributed by atoms with Crippen molar-refractivity contribution in [2.75, 3.05) is 0 Å². The van der Waals surface area contributed by atoms with Crippen LogP contribution in [0.3, 0.4) is 0 Å². The number of halogens is 2. The minimum atomic E-state index is -0.151. The predicted octanol–water partition coefficient (Wildman–Crippen LogP) is 2.19. The van der Waals surface area contributed by atoms with E-state index in [4.69, 9.17) is 23.2 Å². The molecule has 0 fully saturated rings. The van der Waals surface area contributed by atoms with Gasteiger partial charge in [-0.15, -0.1) is 23.2 Å². The molecule has 0 radical (unpaired) electrons. The molecule has 3 heteroatoms. The van der Waals surface area contributed by atoms with Crippen molar-refractivity contribution in [3.05, 3.63) is 0 Å². The topological polar surface area (TPSA) is 0 Å². The summed E-state index contributed by atoms with van der Waals surface area (Å²) in [5, 5.41) is 0. The molecule has 0 spiro atoms. The number of unbranched alkanes of at least 4 members (excludes halogenated alkanes) is 2. The van der Waals surface area contributed by atoms with Crippen molar-refractivity contribution >= 4 is 40.6 Å². The van der Waals surface area contributed by atoms with Crippen LogP contribution in [0.15, 0.2) is 0 Å². The average molecular weight is 185 g/mol. The third kappa shape index (κ3) is 12.3. The van der Waals surface area contributed by atoms with Crippen molar-refractivity contribution in [1.29, 1.82) is 0 Å². The van der Waals surface area contributed by atoms with E-state index in [9.17, 15) is 0 Å². The molecule has 0 aliphatic rings. The molecule has 0 saturated heterocycles. The average Bonchev–Trinajstić information content (AvgIpc) is 1.66. The van der Waals surface area contributed by atoms with Gasteiger partial charge in [0.2, 0.25) is 0 Å². The van der Waals surface area contributed by atoms with E-state index in [2.05, 4.69) is 6.92 Å². The summed E-state index contributed by atoms with van der Waals surface area (Å²) in [7, 11) is 0. The van der Waals surface area contributed by atoms with Gasteiger partial charge in [-0.1, -0.05) is 26.2 Å². The zero-order valence-corrected chi connectivity index (χ0v) is 6.67. The molecule has 9 heavy (non-hydrogen) atoms. The summed E-state index contributed by atoms with van der Waals surface area (Å²) in [5.41, 5.74) is 0. The summed E-state index contributed by atoms with van der Waals surface area (Å²) in [5.74, 6) is 0. The van der Waals surface area contributed by atoms with Crippen LogP contribution < -0.4 is 0 Å². The number of alkyl halides is 2.